The van der Waals surface area contributed by atoms with Gasteiger partial charge >= 0.3 is 11.9 Å². The Balaban J connectivity index is 1.90. The van der Waals surface area contributed by atoms with Crippen molar-refractivity contribution in [2.45, 2.75) is 52.9 Å². The highest BCUT2D eigenvalue weighted by Crippen LogP contribution is 2.49. The topological polar surface area (TPSA) is 94.2 Å². The van der Waals surface area contributed by atoms with Gasteiger partial charge in [0.05, 0.1) is 25.9 Å². The number of dihydropyridines is 1. The molecular weight excluding hydrogens is 520 g/mol. The van der Waals surface area contributed by atoms with Crippen molar-refractivity contribution < 1.29 is 28.6 Å². The van der Waals surface area contributed by atoms with E-state index in [0.717, 1.165) is 29.9 Å². The Bertz CT molecular complexity index is 1360. The maximum absolute atomic E-state index is 14.5. The monoisotopic (exact) mass is 560 g/mol. The highest BCUT2D eigenvalue weighted by Gasteiger charge is 2.49. The van der Waals surface area contributed by atoms with Gasteiger partial charge in [-0.2, -0.15) is 0 Å². The minimum atomic E-state index is -1.09. The summed E-state index contributed by atoms with van der Waals surface area (Å²) in [5.41, 5.74) is 4.68. The number of carbonyl (C=O) groups excluding carboxylic acids is 3. The van der Waals surface area contributed by atoms with Crippen LogP contribution >= 0.6 is 0 Å². The zero-order valence-corrected chi connectivity index (χ0v) is 24.8. The summed E-state index contributed by atoms with van der Waals surface area (Å²) in [5, 5.41) is 3.35. The lowest BCUT2D eigenvalue weighted by Crippen LogP contribution is -2.43. The lowest BCUT2D eigenvalue weighted by atomic mass is 9.67. The van der Waals surface area contributed by atoms with Crippen molar-refractivity contribution in [3.8, 4) is 5.75 Å². The first-order valence-corrected chi connectivity index (χ1v) is 14.4. The van der Waals surface area contributed by atoms with Crippen LogP contribution < -0.4 is 15.0 Å². The molecule has 218 valence electrons. The number of nitrogens with zero attached hydrogens (tertiary/aromatic N) is 1. The molecule has 1 heterocycles. The summed E-state index contributed by atoms with van der Waals surface area (Å²) in [4.78, 5) is 43.5. The van der Waals surface area contributed by atoms with Gasteiger partial charge in [-0.3, -0.25) is 9.59 Å². The van der Waals surface area contributed by atoms with Crippen LogP contribution in [0, 0.1) is 5.92 Å². The first kappa shape index (κ1) is 29.9. The molecule has 0 saturated heterocycles. The smallest absolute Gasteiger partial charge is 0.336 e. The van der Waals surface area contributed by atoms with Crippen LogP contribution in [-0.2, 0) is 23.9 Å². The third-order valence-corrected chi connectivity index (χ3v) is 7.95. The molecule has 0 radical (unpaired) electrons. The Morgan fingerprint density at radius 1 is 0.951 bits per heavy atom. The number of para-hydroxylation sites is 1. The van der Waals surface area contributed by atoms with E-state index in [1.807, 2.05) is 55.5 Å². The van der Waals surface area contributed by atoms with Crippen molar-refractivity contribution >= 4 is 23.4 Å². The Morgan fingerprint density at radius 3 is 2.22 bits per heavy atom. The summed E-state index contributed by atoms with van der Waals surface area (Å²) in [6, 6.07) is 15.4. The molecule has 8 heteroatoms. The molecule has 2 aromatic carbocycles. The second kappa shape index (κ2) is 13.1. The summed E-state index contributed by atoms with van der Waals surface area (Å²) in [5.74, 6) is -3.13. The molecule has 0 spiro atoms. The highest BCUT2D eigenvalue weighted by atomic mass is 16.5. The van der Waals surface area contributed by atoms with Gasteiger partial charge in [0, 0.05) is 47.6 Å². The van der Waals surface area contributed by atoms with Crippen LogP contribution in [0.2, 0.25) is 0 Å². The second-order valence-electron chi connectivity index (χ2n) is 10.1. The van der Waals surface area contributed by atoms with Crippen molar-refractivity contribution in [2.24, 2.45) is 5.92 Å². The van der Waals surface area contributed by atoms with Gasteiger partial charge in [0.2, 0.25) is 0 Å². The number of nitrogens with one attached hydrogen (secondary N) is 1. The molecular formula is C33H40N2O6. The van der Waals surface area contributed by atoms with Crippen molar-refractivity contribution in [2.75, 3.05) is 38.3 Å². The number of hydrogen-bond donors (Lipinski definition) is 1. The van der Waals surface area contributed by atoms with E-state index in [0.29, 0.717) is 34.7 Å². The Hall–Kier alpha value is -4.07. The predicted molar refractivity (Wildman–Crippen MR) is 158 cm³/mol. The number of ketones is 1. The third kappa shape index (κ3) is 5.73. The van der Waals surface area contributed by atoms with Crippen LogP contribution in [0.5, 0.6) is 5.75 Å². The predicted octanol–water partition coefficient (Wildman–Crippen LogP) is 5.26. The molecule has 1 aliphatic carbocycles. The van der Waals surface area contributed by atoms with E-state index in [9.17, 15) is 14.4 Å². The van der Waals surface area contributed by atoms with E-state index < -0.39 is 29.7 Å². The van der Waals surface area contributed by atoms with E-state index in [-0.39, 0.29) is 19.0 Å². The van der Waals surface area contributed by atoms with Gasteiger partial charge in [-0.15, -0.1) is 0 Å². The van der Waals surface area contributed by atoms with Crippen LogP contribution in [0.3, 0.4) is 0 Å². The molecule has 3 atom stereocenters. The summed E-state index contributed by atoms with van der Waals surface area (Å²) in [7, 11) is 1.57. The largest absolute Gasteiger partial charge is 0.496 e. The Kier molecular flexibility index (Phi) is 9.53. The minimum absolute atomic E-state index is 0.148. The molecule has 0 amide bonds. The maximum atomic E-state index is 14.5. The molecule has 2 aliphatic rings. The van der Waals surface area contributed by atoms with Crippen molar-refractivity contribution in [1.82, 2.24) is 5.32 Å². The molecule has 4 rings (SSSR count). The zero-order valence-electron chi connectivity index (χ0n) is 24.8. The number of hydrogen-bond acceptors (Lipinski definition) is 8. The Labute approximate surface area is 242 Å². The van der Waals surface area contributed by atoms with Gasteiger partial charge in [0.1, 0.15) is 11.7 Å². The number of benzene rings is 2. The highest BCUT2D eigenvalue weighted by molar-refractivity contribution is 6.13. The molecule has 41 heavy (non-hydrogen) atoms. The van der Waals surface area contributed by atoms with Gasteiger partial charge in [0.15, 0.2) is 5.78 Å². The second-order valence-corrected chi connectivity index (χ2v) is 10.1. The fourth-order valence-electron chi connectivity index (χ4n) is 6.08. The van der Waals surface area contributed by atoms with E-state index >= 15 is 0 Å². The molecule has 8 nitrogen and oxygen atoms in total. The average molecular weight is 561 g/mol. The normalized spacial score (nSPS) is 20.2. The van der Waals surface area contributed by atoms with Gasteiger partial charge in [-0.25, -0.2) is 4.79 Å². The van der Waals surface area contributed by atoms with Gasteiger partial charge in [-0.1, -0.05) is 30.3 Å². The van der Waals surface area contributed by atoms with Gasteiger partial charge in [0.25, 0.3) is 0 Å². The van der Waals surface area contributed by atoms with Crippen LogP contribution in [0.4, 0.5) is 5.69 Å². The summed E-state index contributed by atoms with van der Waals surface area (Å²) < 4.78 is 16.5. The number of esters is 2. The number of allylic oxidation sites excluding steroid dienone is 3. The van der Waals surface area contributed by atoms with Crippen molar-refractivity contribution in [3.63, 3.8) is 0 Å². The van der Waals surface area contributed by atoms with Gasteiger partial charge in [-0.05, 0) is 70.4 Å². The molecule has 0 unspecified atom stereocenters. The quantitative estimate of drug-likeness (QED) is 0.311. The van der Waals surface area contributed by atoms with E-state index in [1.165, 1.54) is 0 Å². The standard InChI is InChI=1S/C33H40N2O6/c1-7-35(8-2)22-17-15-21(16-18-22)28-27(32(37)40-9-3)20(5)34-25-19-24(23-13-11-12-14-26(23)39-6)29(31(36)30(25)28)33(38)41-10-4/h11-18,24,28-29,34H,7-10,19H2,1-6H3/t24-,28+,29-/m1/s1. The SMILES string of the molecule is CCOC(=O)C1=C(C)NC2=C(C(=O)[C@H](C(=O)OCC)[C@@H](c3ccccc3OC)C2)[C@H]1c1ccc(N(CC)CC)cc1. The number of ether oxygens (including phenoxy) is 3. The fourth-order valence-corrected chi connectivity index (χ4v) is 6.08. The number of rotatable bonds is 10. The maximum Gasteiger partial charge on any atom is 0.336 e. The molecule has 0 fully saturated rings. The summed E-state index contributed by atoms with van der Waals surface area (Å²) in [6.45, 7) is 11.6. The van der Waals surface area contributed by atoms with Crippen LogP contribution in [0.1, 0.15) is 64.0 Å². The lowest BCUT2D eigenvalue weighted by molar-refractivity contribution is -0.152. The molecule has 0 aromatic heterocycles. The van der Waals surface area contributed by atoms with Crippen LogP contribution in [0.15, 0.2) is 71.1 Å². The van der Waals surface area contributed by atoms with Crippen LogP contribution in [-0.4, -0.2) is 51.1 Å². The third-order valence-electron chi connectivity index (χ3n) is 7.95. The molecule has 0 saturated carbocycles. The van der Waals surface area contributed by atoms with Gasteiger partial charge < -0.3 is 24.4 Å². The number of Topliss-reactive ketones (excluding diaryl/α,β-unsaturated/α-hetero) is 1. The first-order valence-electron chi connectivity index (χ1n) is 14.4. The van der Waals surface area contributed by atoms with Crippen molar-refractivity contribution in [3.05, 3.63) is 82.2 Å². The molecule has 1 aliphatic heterocycles. The zero-order chi connectivity index (χ0) is 29.7. The average Bonchev–Trinajstić information content (AvgIpc) is 2.97. The molecule has 1 N–H and O–H groups in total. The van der Waals surface area contributed by atoms with E-state index in [1.54, 1.807) is 21.0 Å². The van der Waals surface area contributed by atoms with E-state index in [4.69, 9.17) is 14.2 Å². The van der Waals surface area contributed by atoms with E-state index in [2.05, 4.69) is 24.1 Å². The minimum Gasteiger partial charge on any atom is -0.496 e. The van der Waals surface area contributed by atoms with Crippen LogP contribution in [0.25, 0.3) is 0 Å². The summed E-state index contributed by atoms with van der Waals surface area (Å²) in [6.07, 6.45) is 0.367. The number of anilines is 1. The Morgan fingerprint density at radius 2 is 1.61 bits per heavy atom. The molecule has 2 aromatic rings. The fraction of sp³-hybridized carbons (Fsp3) is 0.424. The van der Waals surface area contributed by atoms with Crippen molar-refractivity contribution in [1.29, 1.82) is 0 Å². The number of methoxy groups -OCH3 is 1. The number of carbonyl (C=O) groups is 3. The summed E-state index contributed by atoms with van der Waals surface area (Å²) >= 11 is 0. The lowest BCUT2D eigenvalue weighted by Gasteiger charge is -2.39. The first-order chi connectivity index (χ1) is 19.8. The molecule has 0 bridgehead atoms.